The zero-order chi connectivity index (χ0) is 31.8. The maximum absolute atomic E-state index is 14.3. The van der Waals surface area contributed by atoms with Gasteiger partial charge in [-0.25, -0.2) is 18.4 Å². The van der Waals surface area contributed by atoms with Crippen LogP contribution in [0.2, 0.25) is 0 Å². The molecule has 6 heterocycles. The van der Waals surface area contributed by atoms with Crippen LogP contribution < -0.4 is 15.5 Å². The number of thiophene rings is 1. The van der Waals surface area contributed by atoms with Gasteiger partial charge in [-0.1, -0.05) is 0 Å². The van der Waals surface area contributed by atoms with Gasteiger partial charge >= 0.3 is 6.18 Å². The van der Waals surface area contributed by atoms with Crippen LogP contribution >= 0.6 is 11.3 Å². The number of piperazine rings is 1. The number of alkyl halides is 3. The monoisotopic (exact) mass is 676 g/mol. The summed E-state index contributed by atoms with van der Waals surface area (Å²) in [5.74, 6) is -0.607. The molecule has 8 rings (SSSR count). The maximum Gasteiger partial charge on any atom is 0.420 e. The third-order valence-corrected chi connectivity index (χ3v) is 12.2. The second-order valence-corrected chi connectivity index (χ2v) is 15.7. The molecule has 4 fully saturated rings. The summed E-state index contributed by atoms with van der Waals surface area (Å²) in [5, 5.41) is 6.71. The summed E-state index contributed by atoms with van der Waals surface area (Å²) >= 11 is 0.707. The molecule has 1 aliphatic carbocycles. The van der Waals surface area contributed by atoms with Crippen LogP contribution in [0.25, 0.3) is 10.6 Å². The highest BCUT2D eigenvalue weighted by Crippen LogP contribution is 2.46. The Labute approximate surface area is 267 Å². The highest BCUT2D eigenvalue weighted by Gasteiger charge is 2.43. The lowest BCUT2D eigenvalue weighted by Gasteiger charge is -2.49. The van der Waals surface area contributed by atoms with E-state index in [4.69, 9.17) is 9.47 Å². The van der Waals surface area contributed by atoms with Crippen LogP contribution in [0.4, 0.5) is 30.5 Å². The number of carbonyl (C=O) groups excluding carboxylic acids is 1. The average molecular weight is 677 g/mol. The number of nitrogens with one attached hydrogen (secondary N) is 2. The van der Waals surface area contributed by atoms with E-state index in [2.05, 4.69) is 31.6 Å². The van der Waals surface area contributed by atoms with Crippen molar-refractivity contribution in [2.24, 2.45) is 0 Å². The van der Waals surface area contributed by atoms with Gasteiger partial charge in [-0.15, -0.1) is 11.3 Å². The number of amides is 1. The molecule has 1 aromatic carbocycles. The summed E-state index contributed by atoms with van der Waals surface area (Å²) < 4.78 is 79.7. The fourth-order valence-corrected chi connectivity index (χ4v) is 9.37. The molecule has 46 heavy (non-hydrogen) atoms. The number of fused-ring (bicyclic) bond motifs is 1. The first-order valence-corrected chi connectivity index (χ1v) is 17.7. The largest absolute Gasteiger partial charge is 0.420 e. The smallest absolute Gasteiger partial charge is 0.377 e. The Balaban J connectivity index is 1.14. The third-order valence-electron chi connectivity index (χ3n) is 9.27. The van der Waals surface area contributed by atoms with Crippen molar-refractivity contribution in [3.8, 4) is 10.6 Å². The van der Waals surface area contributed by atoms with E-state index in [1.54, 1.807) is 0 Å². The SMILES string of the molecule is O=C1c2sc(-c3nc(Nc4ccc(N5CCNC6(COC6)C5)cc4C4CC4)ncc3C(F)(F)F)cc2S(=O)(=O)CCN1C1COC1. The van der Waals surface area contributed by atoms with E-state index in [0.29, 0.717) is 42.4 Å². The number of hydrogen-bond acceptors (Lipinski definition) is 11. The standard InChI is InChI=1S/C30H31F3N6O5S2/c31-30(32,33)21-11-34-28(36-22-4-3-18(9-20(22)17-1-2-17)38-6-5-35-29(14-38)15-44-16-29)37-25(21)23-10-24-26(45-23)27(40)39(19-12-43-13-19)7-8-46(24,41)42/h3-4,9-11,17,19,35H,1-2,5-8,12-16H2,(H,34,36,37). The first-order chi connectivity index (χ1) is 22.0. The lowest BCUT2D eigenvalue weighted by atomic mass is 9.94. The number of carbonyl (C=O) groups is 1. The molecule has 1 spiro atoms. The van der Waals surface area contributed by atoms with Crippen molar-refractivity contribution in [2.45, 2.75) is 41.4 Å². The molecule has 2 aromatic heterocycles. The first-order valence-electron chi connectivity index (χ1n) is 15.2. The van der Waals surface area contributed by atoms with Gasteiger partial charge in [0.05, 0.1) is 59.2 Å². The number of anilines is 3. The van der Waals surface area contributed by atoms with Gasteiger partial charge in [0.1, 0.15) is 10.4 Å². The van der Waals surface area contributed by atoms with Crippen molar-refractivity contribution in [2.75, 3.05) is 68.6 Å². The maximum atomic E-state index is 14.3. The van der Waals surface area contributed by atoms with E-state index in [0.717, 1.165) is 49.8 Å². The van der Waals surface area contributed by atoms with Crippen molar-refractivity contribution < 1.29 is 35.9 Å². The Hall–Kier alpha value is -3.31. The lowest BCUT2D eigenvalue weighted by Crippen LogP contribution is -2.70. The zero-order valence-electron chi connectivity index (χ0n) is 24.6. The Morgan fingerprint density at radius 2 is 1.91 bits per heavy atom. The molecule has 1 amide bonds. The van der Waals surface area contributed by atoms with E-state index >= 15 is 0 Å². The molecule has 244 valence electrons. The van der Waals surface area contributed by atoms with Gasteiger partial charge in [0, 0.05) is 43.8 Å². The van der Waals surface area contributed by atoms with E-state index in [1.165, 1.54) is 4.90 Å². The van der Waals surface area contributed by atoms with E-state index in [1.807, 2.05) is 12.1 Å². The molecule has 3 aromatic rings. The van der Waals surface area contributed by atoms with E-state index in [-0.39, 0.29) is 57.7 Å². The fourth-order valence-electron chi connectivity index (χ4n) is 6.45. The highest BCUT2D eigenvalue weighted by atomic mass is 32.2. The molecule has 0 bridgehead atoms. The quantitative estimate of drug-likeness (QED) is 0.400. The molecule has 2 N–H and O–H groups in total. The van der Waals surface area contributed by atoms with Gasteiger partial charge in [-0.3, -0.25) is 4.79 Å². The first kappa shape index (κ1) is 30.1. The summed E-state index contributed by atoms with van der Waals surface area (Å²) in [7, 11) is -3.93. The minimum absolute atomic E-state index is 0.00659. The van der Waals surface area contributed by atoms with Crippen LogP contribution in [-0.4, -0.2) is 99.1 Å². The van der Waals surface area contributed by atoms with Crippen molar-refractivity contribution in [1.82, 2.24) is 20.2 Å². The molecule has 5 aliphatic rings. The lowest BCUT2D eigenvalue weighted by molar-refractivity contribution is -0.137. The van der Waals surface area contributed by atoms with E-state index in [9.17, 15) is 26.4 Å². The van der Waals surface area contributed by atoms with Gasteiger partial charge in [-0.05, 0) is 48.6 Å². The van der Waals surface area contributed by atoms with Crippen LogP contribution in [0.1, 0.15) is 39.6 Å². The molecule has 0 atom stereocenters. The molecule has 11 nitrogen and oxygen atoms in total. The number of ether oxygens (including phenoxy) is 2. The van der Waals surface area contributed by atoms with Crippen molar-refractivity contribution in [3.63, 3.8) is 0 Å². The molecular formula is C30H31F3N6O5S2. The average Bonchev–Trinajstić information content (AvgIpc) is 3.74. The predicted octanol–water partition coefficient (Wildman–Crippen LogP) is 3.65. The number of rotatable bonds is 6. The van der Waals surface area contributed by atoms with Gasteiger partial charge in [-0.2, -0.15) is 13.2 Å². The van der Waals surface area contributed by atoms with Crippen LogP contribution in [0.15, 0.2) is 35.4 Å². The number of sulfone groups is 1. The fraction of sp³-hybridized carbons (Fsp3) is 0.500. The molecular weight excluding hydrogens is 645 g/mol. The molecule has 0 unspecified atom stereocenters. The Morgan fingerprint density at radius 3 is 2.59 bits per heavy atom. The summed E-state index contributed by atoms with van der Waals surface area (Å²) in [6.07, 6.45) is -2.11. The number of hydrogen-bond donors (Lipinski definition) is 2. The minimum Gasteiger partial charge on any atom is -0.377 e. The topological polar surface area (TPSA) is 126 Å². The van der Waals surface area contributed by atoms with Crippen molar-refractivity contribution in [1.29, 1.82) is 0 Å². The molecule has 16 heteroatoms. The predicted molar refractivity (Wildman–Crippen MR) is 164 cm³/mol. The number of aromatic nitrogens is 2. The Kier molecular flexibility index (Phi) is 7.10. The molecule has 0 radical (unpaired) electrons. The second-order valence-electron chi connectivity index (χ2n) is 12.6. The van der Waals surface area contributed by atoms with Crippen molar-refractivity contribution >= 4 is 44.4 Å². The molecule has 1 saturated carbocycles. The van der Waals surface area contributed by atoms with Gasteiger partial charge < -0.3 is 29.9 Å². The van der Waals surface area contributed by atoms with Gasteiger partial charge in [0.2, 0.25) is 5.95 Å². The highest BCUT2D eigenvalue weighted by molar-refractivity contribution is 7.91. The summed E-state index contributed by atoms with van der Waals surface area (Å²) in [6.45, 7) is 4.43. The van der Waals surface area contributed by atoms with Gasteiger partial charge in [0.25, 0.3) is 5.91 Å². The van der Waals surface area contributed by atoms with E-state index < -0.39 is 33.2 Å². The number of nitrogens with zero attached hydrogens (tertiary/aromatic N) is 4. The van der Waals surface area contributed by atoms with Gasteiger partial charge in [0.15, 0.2) is 9.84 Å². The third kappa shape index (κ3) is 5.33. The second kappa shape index (κ2) is 10.9. The minimum atomic E-state index is -4.82. The summed E-state index contributed by atoms with van der Waals surface area (Å²) in [4.78, 5) is 25.1. The number of benzene rings is 1. The summed E-state index contributed by atoms with van der Waals surface area (Å²) in [6, 6.07) is 6.91. The Bertz CT molecular complexity index is 1820. The number of halogens is 3. The van der Waals surface area contributed by atoms with Crippen LogP contribution in [-0.2, 0) is 25.5 Å². The normalized spacial score (nSPS) is 22.6. The molecule has 3 saturated heterocycles. The Morgan fingerprint density at radius 1 is 1.11 bits per heavy atom. The zero-order valence-corrected chi connectivity index (χ0v) is 26.2. The van der Waals surface area contributed by atoms with Crippen LogP contribution in [0.3, 0.4) is 0 Å². The van der Waals surface area contributed by atoms with Crippen molar-refractivity contribution in [3.05, 3.63) is 46.5 Å². The van der Waals surface area contributed by atoms with Crippen LogP contribution in [0.5, 0.6) is 0 Å². The molecule has 4 aliphatic heterocycles. The summed E-state index contributed by atoms with van der Waals surface area (Å²) in [5.41, 5.74) is 1.18. The van der Waals surface area contributed by atoms with Crippen LogP contribution in [0, 0.1) is 0 Å².